The summed E-state index contributed by atoms with van der Waals surface area (Å²) in [5.74, 6) is 0. The lowest BCUT2D eigenvalue weighted by molar-refractivity contribution is 0.103. The van der Waals surface area contributed by atoms with Gasteiger partial charge in [-0.3, -0.25) is 0 Å². The molecule has 0 spiro atoms. The second-order valence-corrected chi connectivity index (χ2v) is 1.39. The van der Waals surface area contributed by atoms with Gasteiger partial charge in [-0.05, 0) is 5.18 Å². The zero-order chi connectivity index (χ0) is 5.11. The average molecular weight is 99.1 g/mol. The highest BCUT2D eigenvalue weighted by molar-refractivity contribution is 5.07. The van der Waals surface area contributed by atoms with Crippen LogP contribution in [0.4, 0.5) is 0 Å². The van der Waals surface area contributed by atoms with E-state index < -0.39 is 0 Å². The SMILES string of the molecule is O=NC=C1COC1. The molecule has 7 heavy (non-hydrogen) atoms. The van der Waals surface area contributed by atoms with Crippen LogP contribution >= 0.6 is 0 Å². The maximum Gasteiger partial charge on any atom is 0.0753 e. The van der Waals surface area contributed by atoms with Crippen molar-refractivity contribution in [3.8, 4) is 0 Å². The molecule has 0 aromatic carbocycles. The Hall–Kier alpha value is -0.700. The van der Waals surface area contributed by atoms with Gasteiger partial charge in [0.1, 0.15) is 0 Å². The van der Waals surface area contributed by atoms with Crippen molar-refractivity contribution < 1.29 is 4.74 Å². The summed E-state index contributed by atoms with van der Waals surface area (Å²) in [6.45, 7) is 1.18. The van der Waals surface area contributed by atoms with Gasteiger partial charge in [0.25, 0.3) is 0 Å². The molecule has 0 bridgehead atoms. The molecule has 0 aromatic heterocycles. The highest BCUT2D eigenvalue weighted by Gasteiger charge is 2.06. The molecule has 1 aliphatic rings. The molecule has 1 saturated heterocycles. The fourth-order valence-corrected chi connectivity index (χ4v) is 0.369. The highest BCUT2D eigenvalue weighted by Crippen LogP contribution is 2.06. The Labute approximate surface area is 40.9 Å². The Bertz CT molecular complexity index is 102. The van der Waals surface area contributed by atoms with Crippen LogP contribution in [0.25, 0.3) is 0 Å². The largest absolute Gasteiger partial charge is 0.372 e. The molecule has 1 heterocycles. The van der Waals surface area contributed by atoms with Gasteiger partial charge in [0.15, 0.2) is 0 Å². The number of nitroso groups, excluding NO2 is 1. The van der Waals surface area contributed by atoms with E-state index in [1.807, 2.05) is 0 Å². The third-order valence-corrected chi connectivity index (χ3v) is 0.810. The summed E-state index contributed by atoms with van der Waals surface area (Å²) in [5.41, 5.74) is 0.981. The molecular weight excluding hydrogens is 94.0 g/mol. The molecule has 3 heteroatoms. The minimum atomic E-state index is 0.589. The third-order valence-electron chi connectivity index (χ3n) is 0.810. The first kappa shape index (κ1) is 4.46. The van der Waals surface area contributed by atoms with E-state index in [9.17, 15) is 4.91 Å². The summed E-state index contributed by atoms with van der Waals surface area (Å²) in [6.07, 6.45) is 1.30. The summed E-state index contributed by atoms with van der Waals surface area (Å²) >= 11 is 0. The molecular formula is C4H5NO2. The quantitative estimate of drug-likeness (QED) is 0.453. The van der Waals surface area contributed by atoms with E-state index in [1.54, 1.807) is 0 Å². The van der Waals surface area contributed by atoms with E-state index in [0.717, 1.165) is 5.57 Å². The summed E-state index contributed by atoms with van der Waals surface area (Å²) in [7, 11) is 0. The van der Waals surface area contributed by atoms with E-state index in [0.29, 0.717) is 13.2 Å². The summed E-state index contributed by atoms with van der Waals surface area (Å²) in [4.78, 5) is 9.43. The number of nitrogens with zero attached hydrogens (tertiary/aromatic N) is 1. The van der Waals surface area contributed by atoms with Crippen molar-refractivity contribution >= 4 is 0 Å². The smallest absolute Gasteiger partial charge is 0.0753 e. The van der Waals surface area contributed by atoms with Gasteiger partial charge in [0, 0.05) is 5.57 Å². The van der Waals surface area contributed by atoms with Gasteiger partial charge in [0.05, 0.1) is 19.4 Å². The molecule has 0 N–H and O–H groups in total. The van der Waals surface area contributed by atoms with Gasteiger partial charge < -0.3 is 4.74 Å². The van der Waals surface area contributed by atoms with Crippen molar-refractivity contribution in [2.45, 2.75) is 0 Å². The molecule has 0 amide bonds. The Morgan fingerprint density at radius 1 is 1.71 bits per heavy atom. The van der Waals surface area contributed by atoms with E-state index in [-0.39, 0.29) is 0 Å². The molecule has 38 valence electrons. The first-order valence-electron chi connectivity index (χ1n) is 2.01. The van der Waals surface area contributed by atoms with Crippen molar-refractivity contribution in [2.75, 3.05) is 13.2 Å². The Morgan fingerprint density at radius 3 is 2.57 bits per heavy atom. The van der Waals surface area contributed by atoms with E-state index in [1.165, 1.54) is 6.20 Å². The van der Waals surface area contributed by atoms with Crippen LogP contribution < -0.4 is 0 Å². The predicted molar refractivity (Wildman–Crippen MR) is 24.7 cm³/mol. The van der Waals surface area contributed by atoms with Gasteiger partial charge >= 0.3 is 0 Å². The second kappa shape index (κ2) is 1.84. The van der Waals surface area contributed by atoms with Crippen LogP contribution in [0.3, 0.4) is 0 Å². The van der Waals surface area contributed by atoms with Crippen LogP contribution in [-0.4, -0.2) is 13.2 Å². The molecule has 1 aliphatic heterocycles. The lowest BCUT2D eigenvalue weighted by atomic mass is 10.3. The fraction of sp³-hybridized carbons (Fsp3) is 0.500. The van der Waals surface area contributed by atoms with Crippen LogP contribution in [0.1, 0.15) is 0 Å². The molecule has 0 unspecified atom stereocenters. The predicted octanol–water partition coefficient (Wildman–Crippen LogP) is 0.667. The van der Waals surface area contributed by atoms with E-state index in [4.69, 9.17) is 4.74 Å². The summed E-state index contributed by atoms with van der Waals surface area (Å²) < 4.78 is 4.72. The maximum atomic E-state index is 9.43. The topological polar surface area (TPSA) is 38.7 Å². The zero-order valence-electron chi connectivity index (χ0n) is 3.76. The van der Waals surface area contributed by atoms with Gasteiger partial charge in [-0.15, -0.1) is 4.91 Å². The minimum Gasteiger partial charge on any atom is -0.372 e. The van der Waals surface area contributed by atoms with Crippen molar-refractivity contribution in [2.24, 2.45) is 5.18 Å². The number of ether oxygens (including phenoxy) is 1. The first-order chi connectivity index (χ1) is 3.43. The Morgan fingerprint density at radius 2 is 2.43 bits per heavy atom. The maximum absolute atomic E-state index is 9.43. The van der Waals surface area contributed by atoms with Crippen molar-refractivity contribution in [1.29, 1.82) is 0 Å². The average Bonchev–Trinajstić information content (AvgIpc) is 1.55. The standard InChI is InChI=1S/C4H5NO2/c6-5-1-4-2-7-3-4/h1H,2-3H2. The molecule has 0 atom stereocenters. The Kier molecular flexibility index (Phi) is 1.17. The monoisotopic (exact) mass is 99.0 g/mol. The fourth-order valence-electron chi connectivity index (χ4n) is 0.369. The lowest BCUT2D eigenvalue weighted by Gasteiger charge is -2.14. The Balaban J connectivity index is 2.36. The molecule has 3 nitrogen and oxygen atoms in total. The zero-order valence-corrected chi connectivity index (χ0v) is 3.76. The van der Waals surface area contributed by atoms with Crippen LogP contribution in [0.15, 0.2) is 16.9 Å². The lowest BCUT2D eigenvalue weighted by Crippen LogP contribution is -2.15. The van der Waals surface area contributed by atoms with Crippen LogP contribution in [0, 0.1) is 4.91 Å². The summed E-state index contributed by atoms with van der Waals surface area (Å²) in [5, 5.41) is 2.57. The number of rotatable bonds is 1. The van der Waals surface area contributed by atoms with Gasteiger partial charge in [-0.2, -0.15) is 0 Å². The van der Waals surface area contributed by atoms with Crippen LogP contribution in [-0.2, 0) is 4.74 Å². The number of hydrogen-bond acceptors (Lipinski definition) is 3. The molecule has 0 radical (unpaired) electrons. The molecule has 0 saturated carbocycles. The molecule has 0 aliphatic carbocycles. The minimum absolute atomic E-state index is 0.589. The van der Waals surface area contributed by atoms with E-state index >= 15 is 0 Å². The molecule has 0 aromatic rings. The van der Waals surface area contributed by atoms with Crippen LogP contribution in [0.2, 0.25) is 0 Å². The van der Waals surface area contributed by atoms with Gasteiger partial charge in [-0.1, -0.05) is 0 Å². The third kappa shape index (κ3) is 0.838. The van der Waals surface area contributed by atoms with E-state index in [2.05, 4.69) is 5.18 Å². The van der Waals surface area contributed by atoms with Gasteiger partial charge in [-0.25, -0.2) is 0 Å². The molecule has 1 fully saturated rings. The van der Waals surface area contributed by atoms with Crippen molar-refractivity contribution in [3.63, 3.8) is 0 Å². The summed E-state index contributed by atoms with van der Waals surface area (Å²) in [6, 6.07) is 0. The second-order valence-electron chi connectivity index (χ2n) is 1.39. The van der Waals surface area contributed by atoms with Gasteiger partial charge in [0.2, 0.25) is 0 Å². The highest BCUT2D eigenvalue weighted by atomic mass is 16.5. The normalized spacial score (nSPS) is 18.0. The van der Waals surface area contributed by atoms with Crippen molar-refractivity contribution in [1.82, 2.24) is 0 Å². The van der Waals surface area contributed by atoms with Crippen LogP contribution in [0.5, 0.6) is 0 Å². The van der Waals surface area contributed by atoms with Crippen molar-refractivity contribution in [3.05, 3.63) is 16.7 Å². The number of hydrogen-bond donors (Lipinski definition) is 0. The molecule has 1 rings (SSSR count). The first-order valence-corrected chi connectivity index (χ1v) is 2.01.